The number of aliphatic hydroxyl groups excluding tert-OH is 1. The number of nitrogens with zero attached hydrogens (tertiary/aromatic N) is 1. The number of urea groups is 1. The van der Waals surface area contributed by atoms with Crippen molar-refractivity contribution in [1.82, 2.24) is 10.2 Å². The van der Waals surface area contributed by atoms with E-state index in [9.17, 15) is 19.5 Å². The maximum atomic E-state index is 11.6. The maximum Gasteiger partial charge on any atom is 0.326 e. The number of amides is 2. The molecule has 0 spiro atoms. The second-order valence-electron chi connectivity index (χ2n) is 3.93. The van der Waals surface area contributed by atoms with Crippen LogP contribution in [0.3, 0.4) is 0 Å². The third kappa shape index (κ3) is 7.21. The minimum Gasteiger partial charge on any atom is -0.481 e. The largest absolute Gasteiger partial charge is 0.481 e. The molecule has 0 rings (SSSR count). The summed E-state index contributed by atoms with van der Waals surface area (Å²) < 4.78 is 4.68. The van der Waals surface area contributed by atoms with Crippen LogP contribution in [-0.4, -0.2) is 77.6 Å². The molecule has 0 radical (unpaired) electrons. The zero-order valence-corrected chi connectivity index (χ0v) is 10.7. The fourth-order valence-corrected chi connectivity index (χ4v) is 1.28. The van der Waals surface area contributed by atoms with Crippen LogP contribution in [0.1, 0.15) is 6.42 Å². The van der Waals surface area contributed by atoms with E-state index in [1.165, 1.54) is 14.2 Å². The second kappa shape index (κ2) is 8.27. The summed E-state index contributed by atoms with van der Waals surface area (Å²) in [5, 5.41) is 28.7. The highest BCUT2D eigenvalue weighted by Crippen LogP contribution is 1.97. The number of aliphatic hydroxyl groups is 1. The van der Waals surface area contributed by atoms with Crippen LogP contribution in [0, 0.1) is 0 Å². The molecule has 9 heteroatoms. The van der Waals surface area contributed by atoms with Crippen molar-refractivity contribution in [2.24, 2.45) is 0 Å². The van der Waals surface area contributed by atoms with Gasteiger partial charge in [0, 0.05) is 14.2 Å². The highest BCUT2D eigenvalue weighted by molar-refractivity contribution is 5.86. The van der Waals surface area contributed by atoms with Crippen molar-refractivity contribution in [3.05, 3.63) is 0 Å². The van der Waals surface area contributed by atoms with Crippen molar-refractivity contribution in [2.75, 3.05) is 27.3 Å². The molecule has 9 nitrogen and oxygen atoms in total. The minimum atomic E-state index is -1.52. The van der Waals surface area contributed by atoms with Gasteiger partial charge in [0.2, 0.25) is 0 Å². The minimum absolute atomic E-state index is 0.0229. The summed E-state index contributed by atoms with van der Waals surface area (Å²) in [6, 6.07) is -2.31. The lowest BCUT2D eigenvalue weighted by atomic mass is 10.2. The Kier molecular flexibility index (Phi) is 7.46. The number of carbonyl (C=O) groups excluding carboxylic acids is 1. The van der Waals surface area contributed by atoms with Crippen molar-refractivity contribution < 1.29 is 34.4 Å². The zero-order valence-electron chi connectivity index (χ0n) is 10.7. The number of carboxylic acids is 2. The van der Waals surface area contributed by atoms with Crippen molar-refractivity contribution in [3.8, 4) is 0 Å². The third-order valence-corrected chi connectivity index (χ3v) is 2.16. The number of hydrogen-bond donors (Lipinski definition) is 4. The number of ether oxygens (including phenoxy) is 1. The highest BCUT2D eigenvalue weighted by Gasteiger charge is 2.25. The number of hydrogen-bond acceptors (Lipinski definition) is 5. The van der Waals surface area contributed by atoms with Crippen molar-refractivity contribution in [3.63, 3.8) is 0 Å². The predicted octanol–water partition coefficient (Wildman–Crippen LogP) is -1.44. The van der Waals surface area contributed by atoms with E-state index < -0.39 is 36.5 Å². The van der Waals surface area contributed by atoms with E-state index in [1.807, 2.05) is 5.32 Å². The molecule has 4 N–H and O–H groups in total. The Bertz CT molecular complexity index is 334. The quantitative estimate of drug-likeness (QED) is 0.427. The number of likely N-dealkylation sites (N-methyl/N-ethyl adjacent to an activating group) is 1. The zero-order chi connectivity index (χ0) is 15.0. The Hall–Kier alpha value is -1.87. The van der Waals surface area contributed by atoms with Gasteiger partial charge >= 0.3 is 18.0 Å². The lowest BCUT2D eigenvalue weighted by molar-refractivity contribution is -0.145. The number of carboxylic acid groups (broad SMARTS) is 2. The van der Waals surface area contributed by atoms with Crippen LogP contribution >= 0.6 is 0 Å². The number of aliphatic carboxylic acids is 2. The molecule has 0 heterocycles. The molecule has 2 atom stereocenters. The van der Waals surface area contributed by atoms with Crippen LogP contribution < -0.4 is 5.32 Å². The molecule has 0 aromatic rings. The van der Waals surface area contributed by atoms with Gasteiger partial charge in [-0.15, -0.1) is 0 Å². The smallest absolute Gasteiger partial charge is 0.326 e. The van der Waals surface area contributed by atoms with Crippen LogP contribution in [0.2, 0.25) is 0 Å². The maximum absolute atomic E-state index is 11.6. The van der Waals surface area contributed by atoms with Gasteiger partial charge in [-0.25, -0.2) is 9.59 Å². The average molecular weight is 278 g/mol. The first-order valence-electron chi connectivity index (χ1n) is 5.41. The van der Waals surface area contributed by atoms with Gasteiger partial charge in [0.15, 0.2) is 0 Å². The van der Waals surface area contributed by atoms with Gasteiger partial charge in [-0.2, -0.15) is 0 Å². The van der Waals surface area contributed by atoms with Crippen LogP contribution in [-0.2, 0) is 14.3 Å². The molecule has 0 aromatic heterocycles. The van der Waals surface area contributed by atoms with Gasteiger partial charge in [-0.05, 0) is 0 Å². The first-order chi connectivity index (χ1) is 8.77. The van der Waals surface area contributed by atoms with Gasteiger partial charge in [0.1, 0.15) is 6.04 Å². The summed E-state index contributed by atoms with van der Waals surface area (Å²) in [5.41, 5.74) is 0. The molecule has 0 aliphatic carbocycles. The number of rotatable bonds is 8. The Labute approximate surface area is 109 Å². The lowest BCUT2D eigenvalue weighted by Gasteiger charge is -2.22. The van der Waals surface area contributed by atoms with Gasteiger partial charge in [0.25, 0.3) is 0 Å². The van der Waals surface area contributed by atoms with Crippen molar-refractivity contribution in [2.45, 2.75) is 18.6 Å². The first kappa shape index (κ1) is 17.1. The predicted molar refractivity (Wildman–Crippen MR) is 62.7 cm³/mol. The molecule has 0 saturated heterocycles. The van der Waals surface area contributed by atoms with Crippen LogP contribution in [0.4, 0.5) is 4.79 Å². The molecule has 0 fully saturated rings. The summed E-state index contributed by atoms with van der Waals surface area (Å²) in [6.45, 7) is -0.0474. The van der Waals surface area contributed by atoms with Gasteiger partial charge < -0.3 is 30.3 Å². The molecule has 19 heavy (non-hydrogen) atoms. The Morgan fingerprint density at radius 3 is 2.32 bits per heavy atom. The standard InChI is InChI=1S/C10H18N2O7/c1-12(4-6(13)5-19-2)10(18)11-7(9(16)17)3-8(14)15/h6-7,13H,3-5H2,1-2H3,(H,11,18)(H,14,15)(H,16,17). The lowest BCUT2D eigenvalue weighted by Crippen LogP contribution is -2.49. The van der Waals surface area contributed by atoms with E-state index in [2.05, 4.69) is 4.74 Å². The molecule has 0 aromatic carbocycles. The van der Waals surface area contributed by atoms with E-state index in [0.717, 1.165) is 4.90 Å². The second-order valence-corrected chi connectivity index (χ2v) is 3.93. The monoisotopic (exact) mass is 278 g/mol. The third-order valence-electron chi connectivity index (χ3n) is 2.16. The molecular formula is C10H18N2O7. The summed E-state index contributed by atoms with van der Waals surface area (Å²) in [6.07, 6.45) is -1.64. The Balaban J connectivity index is 4.38. The molecular weight excluding hydrogens is 260 g/mol. The summed E-state index contributed by atoms with van der Waals surface area (Å²) in [7, 11) is 2.73. The normalized spacial score (nSPS) is 13.4. The van der Waals surface area contributed by atoms with E-state index in [-0.39, 0.29) is 13.2 Å². The molecule has 0 saturated carbocycles. The number of carbonyl (C=O) groups is 3. The topological polar surface area (TPSA) is 136 Å². The Morgan fingerprint density at radius 2 is 1.89 bits per heavy atom. The van der Waals surface area contributed by atoms with E-state index in [1.54, 1.807) is 0 Å². The first-order valence-corrected chi connectivity index (χ1v) is 5.41. The fraction of sp³-hybridized carbons (Fsp3) is 0.700. The van der Waals surface area contributed by atoms with E-state index in [0.29, 0.717) is 0 Å². The van der Waals surface area contributed by atoms with Crippen molar-refractivity contribution in [1.29, 1.82) is 0 Å². The number of methoxy groups -OCH3 is 1. The molecule has 110 valence electrons. The van der Waals surface area contributed by atoms with Crippen LogP contribution in [0.5, 0.6) is 0 Å². The molecule has 2 unspecified atom stereocenters. The summed E-state index contributed by atoms with van der Waals surface area (Å²) >= 11 is 0. The van der Waals surface area contributed by atoms with Gasteiger partial charge in [0.05, 0.1) is 25.7 Å². The SMILES string of the molecule is COCC(O)CN(C)C(=O)NC(CC(=O)O)C(=O)O. The van der Waals surface area contributed by atoms with Crippen LogP contribution in [0.15, 0.2) is 0 Å². The van der Waals surface area contributed by atoms with E-state index >= 15 is 0 Å². The average Bonchev–Trinajstić information content (AvgIpc) is 2.27. The molecule has 0 aliphatic heterocycles. The van der Waals surface area contributed by atoms with Crippen LogP contribution in [0.25, 0.3) is 0 Å². The Morgan fingerprint density at radius 1 is 1.32 bits per heavy atom. The fourth-order valence-electron chi connectivity index (χ4n) is 1.28. The molecule has 2 amide bonds. The van der Waals surface area contributed by atoms with Crippen molar-refractivity contribution >= 4 is 18.0 Å². The molecule has 0 bridgehead atoms. The highest BCUT2D eigenvalue weighted by atomic mass is 16.5. The summed E-state index contributed by atoms with van der Waals surface area (Å²) in [5.74, 6) is -2.78. The van der Waals surface area contributed by atoms with E-state index in [4.69, 9.17) is 10.2 Å². The molecule has 0 aliphatic rings. The van der Waals surface area contributed by atoms with Gasteiger partial charge in [-0.3, -0.25) is 4.79 Å². The van der Waals surface area contributed by atoms with Gasteiger partial charge in [-0.1, -0.05) is 0 Å². The summed E-state index contributed by atoms with van der Waals surface area (Å²) in [4.78, 5) is 33.8. The number of nitrogens with one attached hydrogen (secondary N) is 1.